The van der Waals surface area contributed by atoms with E-state index in [-0.39, 0.29) is 17.3 Å². The number of rotatable bonds is 2. The number of nitrogens with two attached hydrogens (primary N) is 1. The first-order chi connectivity index (χ1) is 9.11. The molecule has 3 rings (SSSR count). The molecule has 0 spiro atoms. The first-order valence-electron chi connectivity index (χ1n) is 5.99. The topological polar surface area (TPSA) is 63.3 Å². The van der Waals surface area contributed by atoms with E-state index in [0.717, 1.165) is 22.3 Å². The van der Waals surface area contributed by atoms with Crippen molar-refractivity contribution in [1.82, 2.24) is 0 Å². The molecule has 0 heterocycles. The van der Waals surface area contributed by atoms with Crippen LogP contribution >= 0.6 is 0 Å². The van der Waals surface area contributed by atoms with Crippen LogP contribution < -0.4 is 5.73 Å². The number of carboxylic acid groups (broad SMARTS) is 1. The Bertz CT molecular complexity index is 682. The van der Waals surface area contributed by atoms with Crippen molar-refractivity contribution in [2.75, 3.05) is 6.54 Å². The van der Waals surface area contributed by atoms with Gasteiger partial charge < -0.3 is 10.8 Å². The maximum absolute atomic E-state index is 13.4. The maximum atomic E-state index is 13.4. The molecule has 1 aliphatic rings. The highest BCUT2D eigenvalue weighted by molar-refractivity contribution is 5.90. The Labute approximate surface area is 109 Å². The van der Waals surface area contributed by atoms with Crippen LogP contribution in [0.4, 0.5) is 4.39 Å². The van der Waals surface area contributed by atoms with E-state index < -0.39 is 5.97 Å². The fourth-order valence-electron chi connectivity index (χ4n) is 2.72. The van der Waals surface area contributed by atoms with Gasteiger partial charge in [-0.1, -0.05) is 12.1 Å². The van der Waals surface area contributed by atoms with Crippen molar-refractivity contribution >= 4 is 5.97 Å². The molecule has 0 amide bonds. The minimum atomic E-state index is -0.972. The quantitative estimate of drug-likeness (QED) is 0.869. The van der Waals surface area contributed by atoms with Gasteiger partial charge in [0.25, 0.3) is 0 Å². The van der Waals surface area contributed by atoms with Gasteiger partial charge in [0.1, 0.15) is 5.82 Å². The molecule has 2 aromatic rings. The van der Waals surface area contributed by atoms with Gasteiger partial charge in [-0.2, -0.15) is 0 Å². The predicted molar refractivity (Wildman–Crippen MR) is 69.7 cm³/mol. The molecule has 0 saturated heterocycles. The van der Waals surface area contributed by atoms with E-state index in [1.165, 1.54) is 12.1 Å². The molecule has 3 N–H and O–H groups in total. The summed E-state index contributed by atoms with van der Waals surface area (Å²) in [6.45, 7) is 0.326. The third-order valence-corrected chi connectivity index (χ3v) is 3.59. The molecule has 1 aliphatic carbocycles. The number of fused-ring (bicyclic) bond motifs is 3. The van der Waals surface area contributed by atoms with E-state index in [2.05, 4.69) is 0 Å². The van der Waals surface area contributed by atoms with Gasteiger partial charge in [0, 0.05) is 12.5 Å². The fourth-order valence-corrected chi connectivity index (χ4v) is 2.72. The Morgan fingerprint density at radius 2 is 1.79 bits per heavy atom. The van der Waals surface area contributed by atoms with Crippen LogP contribution in [-0.2, 0) is 0 Å². The van der Waals surface area contributed by atoms with Crippen LogP contribution in [0.15, 0.2) is 36.4 Å². The minimum absolute atomic E-state index is 0.139. The summed E-state index contributed by atoms with van der Waals surface area (Å²) in [6.07, 6.45) is 0. The van der Waals surface area contributed by atoms with Crippen molar-refractivity contribution in [3.63, 3.8) is 0 Å². The van der Waals surface area contributed by atoms with E-state index in [9.17, 15) is 9.18 Å². The van der Waals surface area contributed by atoms with Crippen molar-refractivity contribution < 1.29 is 14.3 Å². The molecule has 0 aliphatic heterocycles. The highest BCUT2D eigenvalue weighted by atomic mass is 19.1. The summed E-state index contributed by atoms with van der Waals surface area (Å²) in [5.41, 5.74) is 9.57. The summed E-state index contributed by atoms with van der Waals surface area (Å²) < 4.78 is 13.4. The van der Waals surface area contributed by atoms with Crippen LogP contribution in [0.1, 0.15) is 27.4 Å². The lowest BCUT2D eigenvalue weighted by Gasteiger charge is -2.10. The normalized spacial score (nSPS) is 16.0. The minimum Gasteiger partial charge on any atom is -0.478 e. The van der Waals surface area contributed by atoms with Crippen LogP contribution in [0.5, 0.6) is 0 Å². The van der Waals surface area contributed by atoms with Gasteiger partial charge in [-0.3, -0.25) is 0 Å². The van der Waals surface area contributed by atoms with Crippen LogP contribution in [0.25, 0.3) is 11.1 Å². The van der Waals surface area contributed by atoms with Gasteiger partial charge in [0.05, 0.1) is 5.56 Å². The van der Waals surface area contributed by atoms with Crippen molar-refractivity contribution in [2.45, 2.75) is 5.92 Å². The lowest BCUT2D eigenvalue weighted by atomic mass is 9.96. The third kappa shape index (κ3) is 1.72. The van der Waals surface area contributed by atoms with E-state index in [4.69, 9.17) is 10.8 Å². The highest BCUT2D eigenvalue weighted by Crippen LogP contribution is 2.44. The molecule has 4 heteroatoms. The summed E-state index contributed by atoms with van der Waals surface area (Å²) in [5, 5.41) is 9.04. The summed E-state index contributed by atoms with van der Waals surface area (Å²) in [7, 11) is 0. The first-order valence-corrected chi connectivity index (χ1v) is 5.99. The molecule has 0 bridgehead atoms. The number of halogens is 1. The molecular weight excluding hydrogens is 245 g/mol. The van der Waals surface area contributed by atoms with E-state index in [1.54, 1.807) is 24.3 Å². The molecule has 3 nitrogen and oxygen atoms in total. The third-order valence-electron chi connectivity index (χ3n) is 3.59. The summed E-state index contributed by atoms with van der Waals surface area (Å²) in [6, 6.07) is 9.57. The van der Waals surface area contributed by atoms with E-state index in [1.807, 2.05) is 0 Å². The number of benzene rings is 2. The Morgan fingerprint density at radius 1 is 1.16 bits per heavy atom. The molecule has 0 fully saturated rings. The second-order valence-corrected chi connectivity index (χ2v) is 4.63. The standard InChI is InChI=1S/C15H12FNO2/c16-9-2-4-11-10-3-1-8(15(18)19)5-12(10)14(7-17)13(11)6-9/h1-6,14H,7,17H2,(H,18,19). The van der Waals surface area contributed by atoms with Crippen molar-refractivity contribution in [3.05, 3.63) is 58.9 Å². The van der Waals surface area contributed by atoms with Gasteiger partial charge in [-0.15, -0.1) is 0 Å². The fraction of sp³-hybridized carbons (Fsp3) is 0.133. The number of carbonyl (C=O) groups is 1. The molecule has 0 aromatic heterocycles. The largest absolute Gasteiger partial charge is 0.478 e. The Morgan fingerprint density at radius 3 is 2.42 bits per heavy atom. The zero-order chi connectivity index (χ0) is 13.6. The van der Waals surface area contributed by atoms with Gasteiger partial charge in [0.15, 0.2) is 0 Å². The van der Waals surface area contributed by atoms with Crippen molar-refractivity contribution in [3.8, 4) is 11.1 Å². The average Bonchev–Trinajstić information content (AvgIpc) is 2.70. The van der Waals surface area contributed by atoms with Crippen LogP contribution in [0, 0.1) is 5.82 Å². The van der Waals surface area contributed by atoms with Crippen molar-refractivity contribution in [2.24, 2.45) is 5.73 Å². The second-order valence-electron chi connectivity index (χ2n) is 4.63. The van der Waals surface area contributed by atoms with Gasteiger partial charge in [-0.25, -0.2) is 9.18 Å². The molecule has 2 aromatic carbocycles. The molecule has 1 unspecified atom stereocenters. The Balaban J connectivity index is 2.23. The molecule has 19 heavy (non-hydrogen) atoms. The number of carboxylic acids is 1. The van der Waals surface area contributed by atoms with E-state index in [0.29, 0.717) is 6.54 Å². The van der Waals surface area contributed by atoms with Crippen LogP contribution in [-0.4, -0.2) is 17.6 Å². The summed E-state index contributed by atoms with van der Waals surface area (Å²) in [5.74, 6) is -1.41. The van der Waals surface area contributed by atoms with Gasteiger partial charge in [-0.05, 0) is 46.5 Å². The summed E-state index contributed by atoms with van der Waals surface area (Å²) >= 11 is 0. The Hall–Kier alpha value is -2.20. The summed E-state index contributed by atoms with van der Waals surface area (Å²) in [4.78, 5) is 11.0. The smallest absolute Gasteiger partial charge is 0.335 e. The molecule has 1 atom stereocenters. The number of hydrogen-bond donors (Lipinski definition) is 2. The van der Waals surface area contributed by atoms with E-state index >= 15 is 0 Å². The average molecular weight is 257 g/mol. The van der Waals surface area contributed by atoms with Crippen LogP contribution in [0.2, 0.25) is 0 Å². The highest BCUT2D eigenvalue weighted by Gasteiger charge is 2.28. The van der Waals surface area contributed by atoms with Crippen molar-refractivity contribution in [1.29, 1.82) is 0 Å². The molecular formula is C15H12FNO2. The molecule has 0 saturated carbocycles. The number of hydrogen-bond acceptors (Lipinski definition) is 2. The van der Waals surface area contributed by atoms with Gasteiger partial charge >= 0.3 is 5.97 Å². The predicted octanol–water partition coefficient (Wildman–Crippen LogP) is 2.59. The zero-order valence-corrected chi connectivity index (χ0v) is 10.1. The second kappa shape index (κ2) is 4.17. The lowest BCUT2D eigenvalue weighted by molar-refractivity contribution is 0.0697. The molecule has 0 radical (unpaired) electrons. The van der Waals surface area contributed by atoms with Crippen LogP contribution in [0.3, 0.4) is 0 Å². The Kier molecular flexibility index (Phi) is 2.61. The SMILES string of the molecule is NCC1c2cc(F)ccc2-c2ccc(C(=O)O)cc21. The first kappa shape index (κ1) is 11.9. The monoisotopic (exact) mass is 257 g/mol. The maximum Gasteiger partial charge on any atom is 0.335 e. The lowest BCUT2D eigenvalue weighted by Crippen LogP contribution is -2.12. The zero-order valence-electron chi connectivity index (χ0n) is 10.1. The number of aromatic carboxylic acids is 1. The molecule has 96 valence electrons. The van der Waals surface area contributed by atoms with Gasteiger partial charge in [0.2, 0.25) is 0 Å².